The molecule has 0 unspecified atom stereocenters. The normalized spacial score (nSPS) is 13.3. The molecule has 4 rings (SSSR count). The molecule has 2 aromatic carbocycles. The first kappa shape index (κ1) is 19.9. The Morgan fingerprint density at radius 3 is 2.48 bits per heavy atom. The Morgan fingerprint density at radius 1 is 1.03 bits per heavy atom. The summed E-state index contributed by atoms with van der Waals surface area (Å²) in [4.78, 5) is 16.0. The number of nitrogens with one attached hydrogen (secondary N) is 1. The van der Waals surface area contributed by atoms with E-state index in [4.69, 9.17) is 32.9 Å². The van der Waals surface area contributed by atoms with Crippen molar-refractivity contribution >= 4 is 23.4 Å². The first-order valence-electron chi connectivity index (χ1n) is 9.32. The Balaban J connectivity index is 1.65. The van der Waals surface area contributed by atoms with E-state index in [-0.39, 0.29) is 6.01 Å². The van der Waals surface area contributed by atoms with E-state index in [1.807, 2.05) is 36.4 Å². The predicted molar refractivity (Wildman–Crippen MR) is 113 cm³/mol. The maximum Gasteiger partial charge on any atom is 0.320 e. The van der Waals surface area contributed by atoms with Crippen molar-refractivity contribution in [3.63, 3.8) is 0 Å². The second kappa shape index (κ2) is 8.95. The van der Waals surface area contributed by atoms with Crippen LogP contribution in [0.1, 0.15) is 18.4 Å². The second-order valence-electron chi connectivity index (χ2n) is 6.87. The fraction of sp³-hybridized carbons (Fsp3) is 0.286. The molecule has 8 heteroatoms. The molecule has 0 aliphatic heterocycles. The van der Waals surface area contributed by atoms with Gasteiger partial charge in [0.2, 0.25) is 0 Å². The molecule has 1 heterocycles. The lowest BCUT2D eigenvalue weighted by Crippen LogP contribution is -2.03. The van der Waals surface area contributed by atoms with Crippen molar-refractivity contribution in [2.45, 2.75) is 19.4 Å². The van der Waals surface area contributed by atoms with Crippen LogP contribution in [-0.2, 0) is 6.54 Å². The van der Waals surface area contributed by atoms with Gasteiger partial charge in [-0.3, -0.25) is 0 Å². The Morgan fingerprint density at radius 2 is 1.79 bits per heavy atom. The van der Waals surface area contributed by atoms with Gasteiger partial charge in [-0.25, -0.2) is 9.82 Å². The zero-order chi connectivity index (χ0) is 20.2. The SMILES string of the molecule is COc1nc(-c2ccc(OCC3CC3)cc2)nc(-c2cc(CNCl)ccc2Cl)n1. The van der Waals surface area contributed by atoms with Gasteiger partial charge in [0.05, 0.1) is 18.7 Å². The number of methoxy groups -OCH3 is 1. The van der Waals surface area contributed by atoms with Gasteiger partial charge in [0.25, 0.3) is 0 Å². The molecule has 1 saturated carbocycles. The minimum Gasteiger partial charge on any atom is -0.493 e. The van der Waals surface area contributed by atoms with Crippen molar-refractivity contribution in [3.8, 4) is 34.5 Å². The molecule has 0 atom stereocenters. The third-order valence-electron chi connectivity index (χ3n) is 4.64. The van der Waals surface area contributed by atoms with Gasteiger partial charge >= 0.3 is 6.01 Å². The van der Waals surface area contributed by atoms with Crippen LogP contribution in [0.2, 0.25) is 5.02 Å². The molecule has 1 aliphatic rings. The number of rotatable bonds is 8. The number of hydrogen-bond acceptors (Lipinski definition) is 6. The molecule has 0 saturated heterocycles. The summed E-state index contributed by atoms with van der Waals surface area (Å²) < 4.78 is 11.1. The smallest absolute Gasteiger partial charge is 0.320 e. The van der Waals surface area contributed by atoms with E-state index in [0.29, 0.717) is 34.7 Å². The molecule has 29 heavy (non-hydrogen) atoms. The fourth-order valence-electron chi connectivity index (χ4n) is 2.83. The maximum absolute atomic E-state index is 6.40. The van der Waals surface area contributed by atoms with Gasteiger partial charge in [-0.1, -0.05) is 17.7 Å². The van der Waals surface area contributed by atoms with Crippen LogP contribution in [0.15, 0.2) is 42.5 Å². The molecule has 150 valence electrons. The van der Waals surface area contributed by atoms with E-state index in [1.54, 1.807) is 6.07 Å². The average Bonchev–Trinajstić information content (AvgIpc) is 3.58. The average molecular weight is 431 g/mol. The Kier molecular flexibility index (Phi) is 6.13. The summed E-state index contributed by atoms with van der Waals surface area (Å²) in [7, 11) is 1.52. The van der Waals surface area contributed by atoms with Gasteiger partial charge in [0.15, 0.2) is 11.6 Å². The number of aromatic nitrogens is 3. The lowest BCUT2D eigenvalue weighted by Gasteiger charge is -2.10. The van der Waals surface area contributed by atoms with Gasteiger partial charge in [0, 0.05) is 17.7 Å². The van der Waals surface area contributed by atoms with Crippen LogP contribution >= 0.6 is 23.4 Å². The molecule has 0 bridgehead atoms. The summed E-state index contributed by atoms with van der Waals surface area (Å²) in [5.74, 6) is 2.48. The van der Waals surface area contributed by atoms with Crippen molar-refractivity contribution in [2.24, 2.45) is 5.92 Å². The van der Waals surface area contributed by atoms with Gasteiger partial charge < -0.3 is 9.47 Å². The summed E-state index contributed by atoms with van der Waals surface area (Å²) in [5, 5.41) is 0.534. The Bertz CT molecular complexity index is 994. The fourth-order valence-corrected chi connectivity index (χ4v) is 3.18. The van der Waals surface area contributed by atoms with E-state index < -0.39 is 0 Å². The van der Waals surface area contributed by atoms with Crippen molar-refractivity contribution < 1.29 is 9.47 Å². The van der Waals surface area contributed by atoms with Crippen LogP contribution in [0, 0.1) is 5.92 Å². The summed E-state index contributed by atoms with van der Waals surface area (Å²) in [6, 6.07) is 13.5. The highest BCUT2D eigenvalue weighted by molar-refractivity contribution is 6.33. The molecule has 0 radical (unpaired) electrons. The minimum atomic E-state index is 0.219. The van der Waals surface area contributed by atoms with E-state index in [9.17, 15) is 0 Å². The lowest BCUT2D eigenvalue weighted by atomic mass is 10.1. The van der Waals surface area contributed by atoms with Crippen LogP contribution in [0.4, 0.5) is 0 Å². The number of nitrogens with zero attached hydrogens (tertiary/aromatic N) is 3. The number of ether oxygens (including phenoxy) is 2. The van der Waals surface area contributed by atoms with Crippen LogP contribution in [-0.4, -0.2) is 28.7 Å². The molecule has 1 N–H and O–H groups in total. The standard InChI is InChI=1S/C21H20Cl2N4O2/c1-28-21-26-19(15-5-7-16(8-6-15)29-12-13-2-3-13)25-20(27-21)17-10-14(11-24-23)4-9-18(17)22/h4-10,13,24H,2-3,11-12H2,1H3. The van der Waals surface area contributed by atoms with Crippen LogP contribution in [0.25, 0.3) is 22.8 Å². The second-order valence-corrected chi connectivity index (χ2v) is 7.55. The molecule has 3 aromatic rings. The molecular formula is C21H20Cl2N4O2. The maximum atomic E-state index is 6.40. The zero-order valence-corrected chi connectivity index (χ0v) is 17.4. The van der Waals surface area contributed by atoms with Crippen LogP contribution in [0.5, 0.6) is 11.8 Å². The van der Waals surface area contributed by atoms with Crippen molar-refractivity contribution in [2.75, 3.05) is 13.7 Å². The quantitative estimate of drug-likeness (QED) is 0.512. The van der Waals surface area contributed by atoms with E-state index in [2.05, 4.69) is 19.8 Å². The number of halogens is 2. The summed E-state index contributed by atoms with van der Waals surface area (Å²) in [6.45, 7) is 1.26. The monoisotopic (exact) mass is 430 g/mol. The summed E-state index contributed by atoms with van der Waals surface area (Å²) >= 11 is 12.0. The molecule has 1 aliphatic carbocycles. The van der Waals surface area contributed by atoms with Crippen molar-refractivity contribution in [1.82, 2.24) is 19.8 Å². The predicted octanol–water partition coefficient (Wildman–Crippen LogP) is 4.90. The molecule has 6 nitrogen and oxygen atoms in total. The Hall–Kier alpha value is -2.41. The first-order chi connectivity index (χ1) is 14.2. The first-order valence-corrected chi connectivity index (χ1v) is 10.1. The zero-order valence-electron chi connectivity index (χ0n) is 15.9. The largest absolute Gasteiger partial charge is 0.493 e. The van der Waals surface area contributed by atoms with Crippen molar-refractivity contribution in [1.29, 1.82) is 0 Å². The summed E-state index contributed by atoms with van der Waals surface area (Å²) in [6.07, 6.45) is 2.52. The third kappa shape index (κ3) is 4.96. The summed E-state index contributed by atoms with van der Waals surface area (Å²) in [5.41, 5.74) is 2.47. The van der Waals surface area contributed by atoms with Crippen LogP contribution < -0.4 is 14.3 Å². The highest BCUT2D eigenvalue weighted by Crippen LogP contribution is 2.31. The highest BCUT2D eigenvalue weighted by atomic mass is 35.5. The number of hydrogen-bond donors (Lipinski definition) is 1. The van der Waals surface area contributed by atoms with Gasteiger partial charge in [0.1, 0.15) is 5.75 Å². The molecule has 0 amide bonds. The molecule has 0 spiro atoms. The Labute approximate surface area is 179 Å². The van der Waals surface area contributed by atoms with Gasteiger partial charge in [-0.05, 0) is 72.5 Å². The van der Waals surface area contributed by atoms with Crippen LogP contribution in [0.3, 0.4) is 0 Å². The van der Waals surface area contributed by atoms with Gasteiger partial charge in [-0.15, -0.1) is 0 Å². The number of benzene rings is 2. The van der Waals surface area contributed by atoms with E-state index in [1.165, 1.54) is 20.0 Å². The topological polar surface area (TPSA) is 69.2 Å². The molecular weight excluding hydrogens is 411 g/mol. The molecule has 1 aromatic heterocycles. The van der Waals surface area contributed by atoms with Gasteiger partial charge in [-0.2, -0.15) is 9.97 Å². The lowest BCUT2D eigenvalue weighted by molar-refractivity contribution is 0.300. The van der Waals surface area contributed by atoms with Crippen molar-refractivity contribution in [3.05, 3.63) is 53.1 Å². The highest BCUT2D eigenvalue weighted by Gasteiger charge is 2.22. The van der Waals surface area contributed by atoms with E-state index >= 15 is 0 Å². The third-order valence-corrected chi connectivity index (χ3v) is 5.10. The minimum absolute atomic E-state index is 0.219. The molecule has 1 fully saturated rings. The van der Waals surface area contributed by atoms with E-state index in [0.717, 1.165) is 23.5 Å².